The molecule has 31 heavy (non-hydrogen) atoms. The molecular formula is C24H23Cl2NO4. The lowest BCUT2D eigenvalue weighted by molar-refractivity contribution is 0.0985. The fourth-order valence-corrected chi connectivity index (χ4v) is 3.79. The van der Waals surface area contributed by atoms with Gasteiger partial charge in [-0.05, 0) is 24.6 Å². The van der Waals surface area contributed by atoms with Crippen LogP contribution in [0.25, 0.3) is 0 Å². The third kappa shape index (κ3) is 5.49. The lowest BCUT2D eigenvalue weighted by Gasteiger charge is -2.21. The summed E-state index contributed by atoms with van der Waals surface area (Å²) in [6.07, 6.45) is 3.37. The van der Waals surface area contributed by atoms with Crippen molar-refractivity contribution in [2.75, 3.05) is 14.2 Å². The molecule has 0 saturated heterocycles. The van der Waals surface area contributed by atoms with Crippen LogP contribution in [0.2, 0.25) is 10.0 Å². The van der Waals surface area contributed by atoms with E-state index in [0.717, 1.165) is 5.56 Å². The molecule has 2 aromatic carbocycles. The van der Waals surface area contributed by atoms with Crippen molar-refractivity contribution in [2.24, 2.45) is 0 Å². The summed E-state index contributed by atoms with van der Waals surface area (Å²) in [4.78, 5) is 17.2. The Kier molecular flexibility index (Phi) is 7.77. The molecule has 1 aromatic heterocycles. The highest BCUT2D eigenvalue weighted by Gasteiger charge is 2.24. The predicted octanol–water partition coefficient (Wildman–Crippen LogP) is 5.84. The Balaban J connectivity index is 1.95. The van der Waals surface area contributed by atoms with Crippen LogP contribution in [0.4, 0.5) is 0 Å². The highest BCUT2D eigenvalue weighted by Crippen LogP contribution is 2.41. The summed E-state index contributed by atoms with van der Waals surface area (Å²) in [5.41, 5.74) is 2.00. The summed E-state index contributed by atoms with van der Waals surface area (Å²) < 4.78 is 17.2. The van der Waals surface area contributed by atoms with Gasteiger partial charge in [0.1, 0.15) is 6.10 Å². The second-order valence-electron chi connectivity index (χ2n) is 6.98. The van der Waals surface area contributed by atoms with Gasteiger partial charge in [0, 0.05) is 30.8 Å². The highest BCUT2D eigenvalue weighted by atomic mass is 35.5. The van der Waals surface area contributed by atoms with Crippen LogP contribution in [0, 0.1) is 0 Å². The van der Waals surface area contributed by atoms with E-state index in [4.69, 9.17) is 37.4 Å². The van der Waals surface area contributed by atoms with Crippen molar-refractivity contribution in [2.45, 2.75) is 25.9 Å². The zero-order chi connectivity index (χ0) is 22.4. The Morgan fingerprint density at radius 2 is 1.65 bits per heavy atom. The molecule has 1 heterocycles. The third-order valence-corrected chi connectivity index (χ3v) is 5.43. The van der Waals surface area contributed by atoms with Crippen molar-refractivity contribution in [3.63, 3.8) is 0 Å². The van der Waals surface area contributed by atoms with E-state index in [1.165, 1.54) is 26.6 Å². The second-order valence-corrected chi connectivity index (χ2v) is 7.79. The van der Waals surface area contributed by atoms with Gasteiger partial charge in [-0.15, -0.1) is 0 Å². The van der Waals surface area contributed by atoms with E-state index in [1.54, 1.807) is 12.1 Å². The Bertz CT molecular complexity index is 1040. The van der Waals surface area contributed by atoms with E-state index in [0.29, 0.717) is 44.8 Å². The van der Waals surface area contributed by atoms with E-state index >= 15 is 0 Å². The molecule has 1 atom stereocenters. The number of pyridine rings is 1. The van der Waals surface area contributed by atoms with Gasteiger partial charge in [-0.1, -0.05) is 53.5 Å². The number of hydrogen-bond acceptors (Lipinski definition) is 5. The van der Waals surface area contributed by atoms with Crippen molar-refractivity contribution in [1.82, 2.24) is 4.98 Å². The first kappa shape index (κ1) is 22.9. The Morgan fingerprint density at radius 3 is 2.26 bits per heavy atom. The normalized spacial score (nSPS) is 11.6. The lowest BCUT2D eigenvalue weighted by atomic mass is 10.0. The predicted molar refractivity (Wildman–Crippen MR) is 122 cm³/mol. The first-order chi connectivity index (χ1) is 14.9. The summed E-state index contributed by atoms with van der Waals surface area (Å²) in [6, 6.07) is 13.3. The van der Waals surface area contributed by atoms with Crippen LogP contribution in [0.5, 0.6) is 17.2 Å². The van der Waals surface area contributed by atoms with Crippen LogP contribution in [0.3, 0.4) is 0 Å². The molecule has 7 heteroatoms. The number of nitrogens with zero attached hydrogens (tertiary/aromatic N) is 1. The fraction of sp³-hybridized carbons (Fsp3) is 0.250. The number of ether oxygens (including phenoxy) is 3. The lowest BCUT2D eigenvalue weighted by Crippen LogP contribution is -2.18. The van der Waals surface area contributed by atoms with E-state index in [9.17, 15) is 4.79 Å². The number of carbonyl (C=O) groups is 1. The molecule has 0 aliphatic carbocycles. The molecule has 1 unspecified atom stereocenters. The van der Waals surface area contributed by atoms with E-state index in [2.05, 4.69) is 4.98 Å². The quantitative estimate of drug-likeness (QED) is 0.376. The van der Waals surface area contributed by atoms with Gasteiger partial charge >= 0.3 is 0 Å². The van der Waals surface area contributed by atoms with E-state index in [-0.39, 0.29) is 18.3 Å². The number of methoxy groups -OCH3 is 2. The van der Waals surface area contributed by atoms with Crippen molar-refractivity contribution in [3.8, 4) is 17.2 Å². The van der Waals surface area contributed by atoms with E-state index in [1.807, 2.05) is 37.3 Å². The first-order valence-electron chi connectivity index (χ1n) is 9.71. The Labute approximate surface area is 191 Å². The van der Waals surface area contributed by atoms with Crippen LogP contribution in [0.1, 0.15) is 28.4 Å². The molecule has 3 aromatic rings. The van der Waals surface area contributed by atoms with Crippen molar-refractivity contribution in [1.29, 1.82) is 0 Å². The minimum atomic E-state index is -0.219. The van der Waals surface area contributed by atoms with Gasteiger partial charge in [0.25, 0.3) is 0 Å². The molecule has 0 spiro atoms. The minimum absolute atomic E-state index is 0.000897. The van der Waals surface area contributed by atoms with E-state index < -0.39 is 0 Å². The number of Topliss-reactive ketones (excluding diaryl/α,β-unsaturated/α-hetero) is 1. The van der Waals surface area contributed by atoms with Crippen LogP contribution in [0.15, 0.2) is 54.9 Å². The molecule has 5 nitrogen and oxygen atoms in total. The minimum Gasteiger partial charge on any atom is -0.493 e. The number of ketones is 1. The third-order valence-electron chi connectivity index (χ3n) is 4.78. The SMILES string of the molecule is COc1ccc(C(=O)Cc2c(Cl)cncc2Cl)c(OC(C)Cc2ccccc2)c1OC. The van der Waals surface area contributed by atoms with Crippen LogP contribution < -0.4 is 14.2 Å². The van der Waals surface area contributed by atoms with Crippen molar-refractivity contribution in [3.05, 3.63) is 81.6 Å². The fourth-order valence-electron chi connectivity index (χ4n) is 3.29. The maximum Gasteiger partial charge on any atom is 0.204 e. The van der Waals surface area contributed by atoms with Gasteiger partial charge in [0.05, 0.1) is 29.8 Å². The molecule has 0 bridgehead atoms. The summed E-state index contributed by atoms with van der Waals surface area (Å²) in [5.74, 6) is 0.954. The molecule has 0 amide bonds. The van der Waals surface area contributed by atoms with Gasteiger partial charge in [0.15, 0.2) is 17.3 Å². The number of halogens is 2. The van der Waals surface area contributed by atoms with Crippen molar-refractivity contribution < 1.29 is 19.0 Å². The molecule has 162 valence electrons. The monoisotopic (exact) mass is 459 g/mol. The topological polar surface area (TPSA) is 57.7 Å². The number of hydrogen-bond donors (Lipinski definition) is 0. The second kappa shape index (κ2) is 10.5. The van der Waals surface area contributed by atoms with Gasteiger partial charge < -0.3 is 14.2 Å². The molecular weight excluding hydrogens is 437 g/mol. The molecule has 0 aliphatic rings. The molecule has 0 aliphatic heterocycles. The number of carbonyl (C=O) groups excluding carboxylic acids is 1. The highest BCUT2D eigenvalue weighted by molar-refractivity contribution is 6.36. The number of benzene rings is 2. The number of aromatic nitrogens is 1. The average molecular weight is 460 g/mol. The number of rotatable bonds is 9. The van der Waals surface area contributed by atoms with Crippen LogP contribution in [-0.2, 0) is 12.8 Å². The van der Waals surface area contributed by atoms with Crippen molar-refractivity contribution >= 4 is 29.0 Å². The molecule has 3 rings (SSSR count). The smallest absolute Gasteiger partial charge is 0.204 e. The molecule has 0 N–H and O–H groups in total. The summed E-state index contributed by atoms with van der Waals surface area (Å²) in [6.45, 7) is 1.94. The Morgan fingerprint density at radius 1 is 0.968 bits per heavy atom. The molecule has 0 radical (unpaired) electrons. The van der Waals surface area contributed by atoms with Crippen LogP contribution >= 0.6 is 23.2 Å². The largest absolute Gasteiger partial charge is 0.493 e. The zero-order valence-electron chi connectivity index (χ0n) is 17.5. The molecule has 0 fully saturated rings. The Hall–Kier alpha value is -2.76. The van der Waals surface area contributed by atoms with Gasteiger partial charge in [-0.3, -0.25) is 9.78 Å². The summed E-state index contributed by atoms with van der Waals surface area (Å²) in [7, 11) is 3.05. The maximum atomic E-state index is 13.2. The van der Waals surface area contributed by atoms with Gasteiger partial charge in [-0.25, -0.2) is 0 Å². The summed E-state index contributed by atoms with van der Waals surface area (Å²) >= 11 is 12.4. The van der Waals surface area contributed by atoms with Gasteiger partial charge in [-0.2, -0.15) is 0 Å². The maximum absolute atomic E-state index is 13.2. The zero-order valence-corrected chi connectivity index (χ0v) is 19.0. The standard InChI is InChI=1S/C24H23Cl2NO4/c1-15(11-16-7-5-4-6-8-16)31-23-17(9-10-22(29-2)24(23)30-3)21(28)12-18-19(25)13-27-14-20(18)26/h4-10,13-15H,11-12H2,1-3H3. The van der Waals surface area contributed by atoms with Gasteiger partial charge in [0.2, 0.25) is 5.75 Å². The summed E-state index contributed by atoms with van der Waals surface area (Å²) in [5, 5.41) is 0.669. The molecule has 0 saturated carbocycles. The average Bonchev–Trinajstić information content (AvgIpc) is 2.76. The first-order valence-corrected chi connectivity index (χ1v) is 10.5. The van der Waals surface area contributed by atoms with Crippen LogP contribution in [-0.4, -0.2) is 31.1 Å².